The van der Waals surface area contributed by atoms with Crippen LogP contribution in [-0.4, -0.2) is 75.2 Å². The van der Waals surface area contributed by atoms with Crippen LogP contribution >= 0.6 is 0 Å². The molecule has 0 saturated heterocycles. The summed E-state index contributed by atoms with van der Waals surface area (Å²) in [5.74, 6) is 12.8. The third-order valence-electron chi connectivity index (χ3n) is 19.3. The van der Waals surface area contributed by atoms with E-state index in [1.54, 1.807) is 14.2 Å². The highest BCUT2D eigenvalue weighted by molar-refractivity contribution is 5.80. The second-order valence-corrected chi connectivity index (χ2v) is 30.8. The number of nitrogens with zero attached hydrogens (tertiary/aromatic N) is 10. The highest BCUT2D eigenvalue weighted by Crippen LogP contribution is 2.30. The number of aromatic nitrogens is 10. The van der Waals surface area contributed by atoms with Crippen molar-refractivity contribution in [2.24, 2.45) is 23.7 Å². The topological polar surface area (TPSA) is 144 Å². The average molecular weight is 1540 g/mol. The summed E-state index contributed by atoms with van der Waals surface area (Å²) in [7, 11) is 3.39. The Balaban J connectivity index is 0.000000142. The first-order chi connectivity index (χ1) is 55.8. The molecule has 15 rings (SSSR count). The van der Waals surface area contributed by atoms with Crippen LogP contribution in [-0.2, 0) is 78.0 Å². The molecular formula is C99H116N10O6. The molecule has 15 aromatic rings. The molecule has 5 aromatic heterocycles. The van der Waals surface area contributed by atoms with Gasteiger partial charge in [-0.05, 0) is 189 Å². The van der Waals surface area contributed by atoms with E-state index in [4.69, 9.17) is 53.3 Å². The van der Waals surface area contributed by atoms with Gasteiger partial charge in [0.1, 0.15) is 76.8 Å². The van der Waals surface area contributed by atoms with Crippen LogP contribution in [0.4, 0.5) is 0 Å². The second-order valence-electron chi connectivity index (χ2n) is 30.8. The van der Waals surface area contributed by atoms with Gasteiger partial charge in [-0.1, -0.05) is 196 Å². The number of rotatable bonds is 30. The van der Waals surface area contributed by atoms with Crippen LogP contribution in [0.1, 0.15) is 134 Å². The van der Waals surface area contributed by atoms with Gasteiger partial charge in [0, 0.05) is 64.1 Å². The summed E-state index contributed by atoms with van der Waals surface area (Å²) in [6.45, 7) is 37.0. The van der Waals surface area contributed by atoms with Crippen molar-refractivity contribution in [3.8, 4) is 34.5 Å². The quantitative estimate of drug-likeness (QED) is 0.0397. The molecule has 0 spiro atoms. The lowest BCUT2D eigenvalue weighted by atomic mass is 10.1. The normalized spacial score (nSPS) is 11.2. The van der Waals surface area contributed by atoms with E-state index in [0.717, 1.165) is 172 Å². The lowest BCUT2D eigenvalue weighted by molar-refractivity contribution is 0.287. The molecule has 0 unspecified atom stereocenters. The number of aryl methyl sites for hydroxylation is 3. The molecular weight excluding hydrogens is 1430 g/mol. The van der Waals surface area contributed by atoms with E-state index in [2.05, 4.69) is 219 Å². The predicted molar refractivity (Wildman–Crippen MR) is 472 cm³/mol. The summed E-state index contributed by atoms with van der Waals surface area (Å²) < 4.78 is 45.3. The molecule has 0 amide bonds. The van der Waals surface area contributed by atoms with Crippen molar-refractivity contribution in [1.82, 2.24) is 47.8 Å². The summed E-state index contributed by atoms with van der Waals surface area (Å²) in [6.07, 6.45) is 4.60. The van der Waals surface area contributed by atoms with Crippen LogP contribution in [0.25, 0.3) is 55.2 Å². The number of allylic oxidation sites excluding steroid dienone is 1. The van der Waals surface area contributed by atoms with Crippen molar-refractivity contribution in [1.29, 1.82) is 0 Å². The van der Waals surface area contributed by atoms with Crippen LogP contribution in [0.5, 0.6) is 34.5 Å². The molecule has 0 N–H and O–H groups in total. The van der Waals surface area contributed by atoms with Crippen molar-refractivity contribution in [2.45, 2.75) is 161 Å². The van der Waals surface area contributed by atoms with Crippen LogP contribution in [0.3, 0.4) is 0 Å². The van der Waals surface area contributed by atoms with Gasteiger partial charge in [0.05, 0.1) is 82.6 Å². The first-order valence-corrected chi connectivity index (χ1v) is 40.8. The molecule has 10 aromatic carbocycles. The molecule has 598 valence electrons. The maximum Gasteiger partial charge on any atom is 0.148 e. The van der Waals surface area contributed by atoms with Gasteiger partial charge in [0.15, 0.2) is 0 Å². The zero-order valence-corrected chi connectivity index (χ0v) is 69.9. The van der Waals surface area contributed by atoms with E-state index >= 15 is 0 Å². The maximum absolute atomic E-state index is 5.97. The van der Waals surface area contributed by atoms with Crippen molar-refractivity contribution >= 4 is 55.2 Å². The minimum absolute atomic E-state index is 0.453. The zero-order chi connectivity index (χ0) is 81.2. The summed E-state index contributed by atoms with van der Waals surface area (Å²) in [6, 6.07) is 82.3. The molecule has 0 fully saturated rings. The predicted octanol–water partition coefficient (Wildman–Crippen LogP) is 22.9. The summed E-state index contributed by atoms with van der Waals surface area (Å²) in [5, 5.41) is 0. The van der Waals surface area contributed by atoms with Gasteiger partial charge in [0.2, 0.25) is 0 Å². The van der Waals surface area contributed by atoms with E-state index in [-0.39, 0.29) is 0 Å². The van der Waals surface area contributed by atoms with E-state index in [1.807, 2.05) is 136 Å². The Morgan fingerprint density at radius 2 is 0.678 bits per heavy atom. The Bertz CT molecular complexity index is 5380. The Morgan fingerprint density at radius 3 is 1.19 bits per heavy atom. The van der Waals surface area contributed by atoms with Crippen LogP contribution in [0.2, 0.25) is 0 Å². The molecule has 0 aliphatic heterocycles. The Labute approximate surface area is 680 Å². The average Bonchev–Trinajstić information content (AvgIpc) is 1.66. The van der Waals surface area contributed by atoms with E-state index < -0.39 is 0 Å². The van der Waals surface area contributed by atoms with E-state index in [9.17, 15) is 0 Å². The monoisotopic (exact) mass is 1540 g/mol. The van der Waals surface area contributed by atoms with Gasteiger partial charge in [-0.3, -0.25) is 0 Å². The maximum atomic E-state index is 5.97. The SMILES string of the molecule is C=C(C)Cn1c(COc2cccc(CC)c2)nc2ccccc21.CC(C)Cn1c(CCc2ccccc2)nc2ccccc21.CC(C)Cn1c(COc2ccccc2)nc2ccccc21.CCOc1ccc2c(c1)nc(Cc1cccc(OC)c1)n2CC(C)C.CCOc1ccc2nc(Cc3cccc(OC)c3)n(CC(C)C)c2c1. The van der Waals surface area contributed by atoms with Gasteiger partial charge in [-0.25, -0.2) is 24.9 Å². The van der Waals surface area contributed by atoms with Crippen LogP contribution in [0, 0.1) is 23.7 Å². The zero-order valence-electron chi connectivity index (χ0n) is 69.9. The number of para-hydroxylation sites is 7. The lowest BCUT2D eigenvalue weighted by Gasteiger charge is -2.13. The molecule has 0 bridgehead atoms. The molecule has 0 aliphatic carbocycles. The minimum atomic E-state index is 0.453. The fraction of sp³-hybridized carbons (Fsp3) is 0.323. The standard InChI is InChI=1S/2C21H26N2O2.C20H22N2O.C19H22N2.C18H20N2O/c1-5-25-18-9-10-20-19(13-18)22-21(23(20)14-15(2)3)12-16-7-6-8-17(11-16)24-4;1-5-25-18-9-10-19-20(13-18)23(14-15(2)3)21(22-19)12-16-7-6-8-17(11-16)24-4;1-4-16-8-7-9-17(12-16)23-14-20-21-18-10-5-6-11-19(18)22(20)13-15(2)3;1-15(2)14-21-18-11-7-6-10-17(18)20-19(21)13-12-16-8-4-3-5-9-16;1-14(2)12-20-17-11-7-6-10-16(17)19-18(20)13-21-15-8-4-3-5-9-15/h2*6-11,13,15H,5,12,14H2,1-4H3;5-12H,2,4,13-14H2,1,3H3;3-11,15H,12-14H2,1-2H3;3-11,14H,12-13H2,1-2H3. The summed E-state index contributed by atoms with van der Waals surface area (Å²) >= 11 is 0. The van der Waals surface area contributed by atoms with Gasteiger partial charge >= 0.3 is 0 Å². The van der Waals surface area contributed by atoms with Gasteiger partial charge < -0.3 is 51.3 Å². The first kappa shape index (κ1) is 84.0. The molecule has 0 saturated carbocycles. The van der Waals surface area contributed by atoms with Crippen molar-refractivity contribution < 1.29 is 28.4 Å². The largest absolute Gasteiger partial charge is 0.497 e. The molecule has 115 heavy (non-hydrogen) atoms. The number of hydrogen-bond donors (Lipinski definition) is 0. The Hall–Kier alpha value is -11.9. The van der Waals surface area contributed by atoms with Crippen molar-refractivity contribution in [2.75, 3.05) is 27.4 Å². The number of hydrogen-bond acceptors (Lipinski definition) is 11. The smallest absolute Gasteiger partial charge is 0.148 e. The number of benzene rings is 10. The van der Waals surface area contributed by atoms with Gasteiger partial charge in [-0.2, -0.15) is 0 Å². The number of ether oxygens (including phenoxy) is 6. The van der Waals surface area contributed by atoms with Gasteiger partial charge in [0.25, 0.3) is 0 Å². The minimum Gasteiger partial charge on any atom is -0.497 e. The molecule has 16 nitrogen and oxygen atoms in total. The highest BCUT2D eigenvalue weighted by atomic mass is 16.5. The van der Waals surface area contributed by atoms with Crippen LogP contribution < -0.4 is 28.4 Å². The van der Waals surface area contributed by atoms with Crippen LogP contribution in [0.15, 0.2) is 255 Å². The number of methoxy groups -OCH3 is 2. The second kappa shape index (κ2) is 41.7. The summed E-state index contributed by atoms with van der Waals surface area (Å²) in [4.78, 5) is 24.1. The molecule has 16 heteroatoms. The van der Waals surface area contributed by atoms with E-state index in [1.165, 1.54) is 39.1 Å². The number of imidazole rings is 5. The fourth-order valence-electron chi connectivity index (χ4n) is 14.1. The van der Waals surface area contributed by atoms with E-state index in [0.29, 0.717) is 50.1 Å². The molecule has 0 radical (unpaired) electrons. The third-order valence-corrected chi connectivity index (χ3v) is 19.3. The molecule has 0 atom stereocenters. The third kappa shape index (κ3) is 23.6. The highest BCUT2D eigenvalue weighted by Gasteiger charge is 2.19. The lowest BCUT2D eigenvalue weighted by Crippen LogP contribution is -2.10. The molecule has 5 heterocycles. The van der Waals surface area contributed by atoms with Crippen molar-refractivity contribution in [3.63, 3.8) is 0 Å². The Kier molecular flexibility index (Phi) is 30.5. The Morgan fingerprint density at radius 1 is 0.313 bits per heavy atom. The van der Waals surface area contributed by atoms with Gasteiger partial charge in [-0.15, -0.1) is 0 Å². The number of fused-ring (bicyclic) bond motifs is 5. The first-order valence-electron chi connectivity index (χ1n) is 40.8. The fourth-order valence-corrected chi connectivity index (χ4v) is 14.1. The van der Waals surface area contributed by atoms with Crippen molar-refractivity contribution in [3.05, 3.63) is 306 Å². The summed E-state index contributed by atoms with van der Waals surface area (Å²) in [5.41, 5.74) is 17.2. The molecule has 0 aliphatic rings.